The minimum Gasteiger partial charge on any atom is -0.443 e. The Morgan fingerprint density at radius 1 is 1.17 bits per heavy atom. The van der Waals surface area contributed by atoms with Gasteiger partial charge in [0.05, 0.1) is 23.8 Å². The van der Waals surface area contributed by atoms with Crippen molar-refractivity contribution in [3.63, 3.8) is 0 Å². The third-order valence-corrected chi connectivity index (χ3v) is 11.1. The van der Waals surface area contributed by atoms with Gasteiger partial charge in [-0.25, -0.2) is 17.7 Å². The predicted molar refractivity (Wildman–Crippen MR) is 198 cm³/mol. The molecule has 280 valence electrons. The second kappa shape index (κ2) is 14.4. The molecule has 0 N–H and O–H groups in total. The minimum atomic E-state index is -0.948. The van der Waals surface area contributed by atoms with Crippen molar-refractivity contribution in [1.29, 1.82) is 0 Å². The van der Waals surface area contributed by atoms with Gasteiger partial charge in [-0.3, -0.25) is 14.7 Å². The van der Waals surface area contributed by atoms with Gasteiger partial charge in [-0.2, -0.15) is 9.97 Å². The van der Waals surface area contributed by atoms with Gasteiger partial charge in [-0.1, -0.05) is 54.9 Å². The van der Waals surface area contributed by atoms with Gasteiger partial charge in [0, 0.05) is 72.2 Å². The number of hydrogen-bond donors (Lipinski definition) is 0. The zero-order valence-electron chi connectivity index (χ0n) is 30.1. The molecule has 3 aliphatic heterocycles. The highest BCUT2D eigenvalue weighted by Crippen LogP contribution is 2.41. The third kappa shape index (κ3) is 6.70. The van der Waals surface area contributed by atoms with Crippen molar-refractivity contribution in [2.45, 2.75) is 57.2 Å². The molecule has 1 unspecified atom stereocenters. The fourth-order valence-electron chi connectivity index (χ4n) is 7.99. The summed E-state index contributed by atoms with van der Waals surface area (Å²) in [7, 11) is 1.79. The van der Waals surface area contributed by atoms with Crippen LogP contribution in [0.3, 0.4) is 0 Å². The molecule has 54 heavy (non-hydrogen) atoms. The van der Waals surface area contributed by atoms with Crippen molar-refractivity contribution >= 4 is 57.3 Å². The van der Waals surface area contributed by atoms with Gasteiger partial charge in [0.15, 0.2) is 11.6 Å². The summed E-state index contributed by atoms with van der Waals surface area (Å²) in [4.78, 5) is 35.0. The molecule has 0 aliphatic carbocycles. The van der Waals surface area contributed by atoms with Crippen molar-refractivity contribution < 1.29 is 31.8 Å². The number of rotatable bonds is 9. The summed E-state index contributed by atoms with van der Waals surface area (Å²) in [6.45, 7) is 6.18. The van der Waals surface area contributed by atoms with E-state index in [1.54, 1.807) is 40.8 Å². The van der Waals surface area contributed by atoms with E-state index in [2.05, 4.69) is 25.0 Å². The number of amides is 1. The van der Waals surface area contributed by atoms with Crippen molar-refractivity contribution in [2.24, 2.45) is 5.92 Å². The van der Waals surface area contributed by atoms with Gasteiger partial charge in [-0.15, -0.1) is 0 Å². The fraction of sp³-hybridized carbons (Fsp3) is 0.410. The standard InChI is InChI=1S/C39H39ClF3N8O3/c1-22(2)36-45-29(54-48-36)10-11-30(52)50-15-12-23(19-50)18-49(3)37-27-17-44-34(26-7-4-6-24-8-9-28(42)32(40)31(24)26)33(43)35(27)46-38(47-37)53-21-39-13-5-14-51(39)20-25(41)16-39/h4,6-11,17-18,22-23,25H,5,12-16,19-21H2,1-3H3/q+1/b11-10+,49-18?/t23?,25-,39+/m1/s1. The molecule has 11 nitrogen and oxygen atoms in total. The van der Waals surface area contributed by atoms with E-state index in [-0.39, 0.29) is 52.5 Å². The first-order valence-electron chi connectivity index (χ1n) is 18.1. The molecule has 3 aliphatic rings. The van der Waals surface area contributed by atoms with Crippen LogP contribution in [0.1, 0.15) is 57.2 Å². The number of nitrogens with zero attached hydrogens (tertiary/aromatic N) is 8. The van der Waals surface area contributed by atoms with Crippen LogP contribution in [-0.4, -0.2) is 103 Å². The fourth-order valence-corrected chi connectivity index (χ4v) is 8.26. The Morgan fingerprint density at radius 3 is 2.83 bits per heavy atom. The quantitative estimate of drug-likeness (QED) is 0.0879. The second-order valence-corrected chi connectivity index (χ2v) is 15.1. The lowest BCUT2D eigenvalue weighted by atomic mass is 9.95. The van der Waals surface area contributed by atoms with Crippen LogP contribution < -0.4 is 4.74 Å². The lowest BCUT2D eigenvalue weighted by Crippen LogP contribution is -2.43. The van der Waals surface area contributed by atoms with Crippen LogP contribution in [0.5, 0.6) is 6.01 Å². The highest BCUT2D eigenvalue weighted by molar-refractivity contribution is 6.36. The van der Waals surface area contributed by atoms with E-state index >= 15 is 4.39 Å². The van der Waals surface area contributed by atoms with E-state index in [0.717, 1.165) is 19.4 Å². The largest absolute Gasteiger partial charge is 0.443 e. The lowest BCUT2D eigenvalue weighted by Gasteiger charge is -2.30. The average Bonchev–Trinajstić information content (AvgIpc) is 3.96. The molecule has 15 heteroatoms. The van der Waals surface area contributed by atoms with Crippen molar-refractivity contribution in [1.82, 2.24) is 34.9 Å². The van der Waals surface area contributed by atoms with Gasteiger partial charge in [-0.05, 0) is 37.3 Å². The summed E-state index contributed by atoms with van der Waals surface area (Å²) in [5.74, 6) is -0.340. The molecular weight excluding hydrogens is 721 g/mol. The SMILES string of the molecule is CC(C)c1noc(/C=C/C(=O)N2CCC(C=[N+](C)c3nc(OC[C@@]45CCCN4C[C@H](F)C5)nc4c(F)c(-c5cccc6ccc(F)c(Cl)c56)ncc34)C2)n1. The van der Waals surface area contributed by atoms with E-state index in [1.807, 2.05) is 20.1 Å². The topological polar surface area (TPSA) is 113 Å². The summed E-state index contributed by atoms with van der Waals surface area (Å²) in [6.07, 6.45) is 8.17. The number of carbonyl (C=O) groups excluding carboxylic acids is 1. The number of likely N-dealkylation sites (tertiary alicyclic amines) is 1. The summed E-state index contributed by atoms with van der Waals surface area (Å²) in [5, 5.41) is 5.07. The number of aromatic nitrogens is 5. The second-order valence-electron chi connectivity index (χ2n) is 14.7. The zero-order valence-corrected chi connectivity index (χ0v) is 30.9. The molecule has 5 aromatic rings. The summed E-state index contributed by atoms with van der Waals surface area (Å²) < 4.78 is 59.3. The molecule has 3 saturated heterocycles. The maximum absolute atomic E-state index is 16.8. The highest BCUT2D eigenvalue weighted by atomic mass is 35.5. The Labute approximate surface area is 314 Å². The maximum Gasteiger partial charge on any atom is 0.434 e. The van der Waals surface area contributed by atoms with Crippen molar-refractivity contribution in [3.8, 4) is 17.3 Å². The minimum absolute atomic E-state index is 0.0460. The van der Waals surface area contributed by atoms with Crippen LogP contribution in [0.4, 0.5) is 19.0 Å². The van der Waals surface area contributed by atoms with Crippen LogP contribution in [0, 0.1) is 17.6 Å². The molecular formula is C39H39ClF3N8O3+. The Bertz CT molecular complexity index is 2330. The molecule has 3 aromatic heterocycles. The molecule has 3 fully saturated rings. The van der Waals surface area contributed by atoms with E-state index in [4.69, 9.17) is 25.8 Å². The van der Waals surface area contributed by atoms with Gasteiger partial charge in [0.1, 0.15) is 35.2 Å². The number of benzene rings is 2. The number of alkyl halides is 1. The molecule has 1 amide bonds. The molecule has 0 bridgehead atoms. The van der Waals surface area contributed by atoms with Crippen molar-refractivity contribution in [2.75, 3.05) is 39.8 Å². The Hall–Kier alpha value is -4.95. The summed E-state index contributed by atoms with van der Waals surface area (Å²) >= 11 is 6.42. The van der Waals surface area contributed by atoms with Gasteiger partial charge < -0.3 is 14.2 Å². The summed E-state index contributed by atoms with van der Waals surface area (Å²) in [6, 6.07) is 7.92. The number of halogens is 4. The lowest BCUT2D eigenvalue weighted by molar-refractivity contribution is -0.405. The number of fused-ring (bicyclic) bond motifs is 3. The number of hydrogen-bond acceptors (Lipinski definition) is 9. The monoisotopic (exact) mass is 759 g/mol. The van der Waals surface area contributed by atoms with Gasteiger partial charge >= 0.3 is 11.8 Å². The zero-order chi connectivity index (χ0) is 37.7. The van der Waals surface area contributed by atoms with Crippen LogP contribution >= 0.6 is 11.6 Å². The molecule has 0 spiro atoms. The van der Waals surface area contributed by atoms with E-state index in [1.165, 1.54) is 24.4 Å². The Balaban J connectivity index is 1.12. The number of carbonyl (C=O) groups is 1. The first-order valence-corrected chi connectivity index (χ1v) is 18.5. The van der Waals surface area contributed by atoms with Crippen LogP contribution in [-0.2, 0) is 4.79 Å². The predicted octanol–water partition coefficient (Wildman–Crippen LogP) is 7.14. The van der Waals surface area contributed by atoms with Crippen LogP contribution in [0.2, 0.25) is 5.02 Å². The average molecular weight is 760 g/mol. The normalized spacial score (nSPS) is 22.1. The first kappa shape index (κ1) is 36.0. The molecule has 3 atom stereocenters. The van der Waals surface area contributed by atoms with Crippen LogP contribution in [0.15, 0.2) is 47.1 Å². The third-order valence-electron chi connectivity index (χ3n) is 10.7. The highest BCUT2D eigenvalue weighted by Gasteiger charge is 2.49. The van der Waals surface area contributed by atoms with Crippen LogP contribution in [0.25, 0.3) is 39.0 Å². The molecule has 6 heterocycles. The maximum atomic E-state index is 16.8. The number of ether oxygens (including phenoxy) is 1. The van der Waals surface area contributed by atoms with Gasteiger partial charge in [0.2, 0.25) is 5.91 Å². The molecule has 0 radical (unpaired) electrons. The van der Waals surface area contributed by atoms with Crippen molar-refractivity contribution in [3.05, 3.63) is 71.0 Å². The van der Waals surface area contributed by atoms with E-state index in [0.29, 0.717) is 65.8 Å². The first-order chi connectivity index (χ1) is 26.0. The Kier molecular flexibility index (Phi) is 9.59. The molecule has 0 saturated carbocycles. The smallest absolute Gasteiger partial charge is 0.434 e. The molecule has 2 aromatic carbocycles. The molecule has 8 rings (SSSR count). The van der Waals surface area contributed by atoms with E-state index in [9.17, 15) is 13.6 Å². The number of pyridine rings is 1. The summed E-state index contributed by atoms with van der Waals surface area (Å²) in [5.41, 5.74) is -0.270. The Morgan fingerprint density at radius 2 is 2.02 bits per heavy atom. The van der Waals surface area contributed by atoms with E-state index < -0.39 is 23.3 Å². The van der Waals surface area contributed by atoms with Gasteiger partial charge in [0.25, 0.3) is 5.89 Å².